The average Bonchev–Trinajstić information content (AvgIpc) is 2.66. The number of hydrogen-bond acceptors (Lipinski definition) is 5. The summed E-state index contributed by atoms with van der Waals surface area (Å²) < 4.78 is 25.3. The summed E-state index contributed by atoms with van der Waals surface area (Å²) in [5.41, 5.74) is -0.243. The number of carboxylic acids is 1. The molecule has 17 heavy (non-hydrogen) atoms. The van der Waals surface area contributed by atoms with E-state index in [2.05, 4.69) is 10.2 Å². The lowest BCUT2D eigenvalue weighted by atomic mass is 10.4. The van der Waals surface area contributed by atoms with Crippen molar-refractivity contribution in [1.82, 2.24) is 10.2 Å². The molecular weight excluding hydrogens is 248 g/mol. The smallest absolute Gasteiger partial charge is 0.353 e. The Morgan fingerprint density at radius 2 is 2.41 bits per heavy atom. The Hall–Kier alpha value is -2.08. The van der Waals surface area contributed by atoms with Gasteiger partial charge in [-0.05, 0) is 6.42 Å². The summed E-state index contributed by atoms with van der Waals surface area (Å²) in [6, 6.07) is 2.67. The minimum absolute atomic E-state index is 0.127. The number of nitrogens with zero attached hydrogens (tertiary/aromatic N) is 2. The molecule has 0 aliphatic carbocycles. The van der Waals surface area contributed by atoms with E-state index in [1.807, 2.05) is 4.72 Å². The number of anilines is 1. The minimum atomic E-state index is -3.87. The maximum atomic E-state index is 11.6. The van der Waals surface area contributed by atoms with Crippen molar-refractivity contribution >= 4 is 21.8 Å². The summed E-state index contributed by atoms with van der Waals surface area (Å²) in [5, 5.41) is 21.6. The van der Waals surface area contributed by atoms with Crippen LogP contribution in [0.5, 0.6) is 0 Å². The van der Waals surface area contributed by atoms with Crippen molar-refractivity contribution in [2.24, 2.45) is 0 Å². The quantitative estimate of drug-likeness (QED) is 0.687. The van der Waals surface area contributed by atoms with Gasteiger partial charge in [-0.2, -0.15) is 10.4 Å². The second-order valence-corrected chi connectivity index (χ2v) is 5.01. The molecule has 1 rings (SSSR count). The molecule has 0 radical (unpaired) electrons. The van der Waals surface area contributed by atoms with Gasteiger partial charge in [-0.1, -0.05) is 6.92 Å². The van der Waals surface area contributed by atoms with Gasteiger partial charge in [-0.3, -0.25) is 9.82 Å². The van der Waals surface area contributed by atoms with Crippen LogP contribution in [0.3, 0.4) is 0 Å². The van der Waals surface area contributed by atoms with Crippen molar-refractivity contribution in [2.45, 2.75) is 18.6 Å². The average molecular weight is 258 g/mol. The summed E-state index contributed by atoms with van der Waals surface area (Å²) in [4.78, 5) is 10.5. The van der Waals surface area contributed by atoms with Gasteiger partial charge in [-0.25, -0.2) is 13.2 Å². The summed E-state index contributed by atoms with van der Waals surface area (Å²) in [6.07, 6.45) is 0.127. The Balaban J connectivity index is 2.91. The predicted octanol–water partition coefficient (Wildman–Crippen LogP) is 0.152. The molecule has 0 amide bonds. The van der Waals surface area contributed by atoms with Crippen LogP contribution >= 0.6 is 0 Å². The maximum absolute atomic E-state index is 11.6. The second-order valence-electron chi connectivity index (χ2n) is 3.15. The molecule has 1 aromatic rings. The third-order valence-corrected chi connectivity index (χ3v) is 3.63. The first-order valence-corrected chi connectivity index (χ1v) is 6.15. The Bertz CT molecular complexity index is 556. The van der Waals surface area contributed by atoms with Crippen LogP contribution in [-0.2, 0) is 10.0 Å². The van der Waals surface area contributed by atoms with E-state index in [1.165, 1.54) is 0 Å². The number of aromatic nitrogens is 2. The molecule has 0 spiro atoms. The number of aromatic carboxylic acids is 1. The first kappa shape index (κ1) is 13.0. The third-order valence-electron chi connectivity index (χ3n) is 1.94. The van der Waals surface area contributed by atoms with Gasteiger partial charge in [0.25, 0.3) is 0 Å². The highest BCUT2D eigenvalue weighted by Crippen LogP contribution is 2.12. The molecule has 0 fully saturated rings. The van der Waals surface area contributed by atoms with Gasteiger partial charge in [0.1, 0.15) is 5.69 Å². The molecule has 1 unspecified atom stereocenters. The topological polar surface area (TPSA) is 136 Å². The lowest BCUT2D eigenvalue weighted by molar-refractivity contribution is 0.0690. The van der Waals surface area contributed by atoms with Crippen LogP contribution in [0.1, 0.15) is 23.8 Å². The van der Waals surface area contributed by atoms with Crippen LogP contribution < -0.4 is 4.72 Å². The van der Waals surface area contributed by atoms with E-state index in [9.17, 15) is 13.2 Å². The highest BCUT2D eigenvalue weighted by molar-refractivity contribution is 7.93. The predicted molar refractivity (Wildman–Crippen MR) is 57.8 cm³/mol. The van der Waals surface area contributed by atoms with Gasteiger partial charge in [0, 0.05) is 6.07 Å². The fourth-order valence-electron chi connectivity index (χ4n) is 1.08. The highest BCUT2D eigenvalue weighted by Gasteiger charge is 2.24. The number of aromatic amines is 1. The van der Waals surface area contributed by atoms with Crippen molar-refractivity contribution in [3.05, 3.63) is 11.8 Å². The van der Waals surface area contributed by atoms with Crippen LogP contribution in [0.15, 0.2) is 6.07 Å². The Morgan fingerprint density at radius 3 is 2.82 bits per heavy atom. The van der Waals surface area contributed by atoms with Crippen LogP contribution in [0.4, 0.5) is 5.82 Å². The van der Waals surface area contributed by atoms with Crippen molar-refractivity contribution in [1.29, 1.82) is 5.26 Å². The first-order valence-electron chi connectivity index (χ1n) is 4.60. The number of nitrogens with one attached hydrogen (secondary N) is 2. The fourth-order valence-corrected chi connectivity index (χ4v) is 2.20. The molecule has 8 nitrogen and oxygen atoms in total. The van der Waals surface area contributed by atoms with Gasteiger partial charge in [0.2, 0.25) is 10.0 Å². The molecule has 0 aliphatic rings. The highest BCUT2D eigenvalue weighted by atomic mass is 32.2. The van der Waals surface area contributed by atoms with Crippen molar-refractivity contribution < 1.29 is 18.3 Å². The molecule has 92 valence electrons. The Labute approximate surface area is 97.3 Å². The van der Waals surface area contributed by atoms with Gasteiger partial charge < -0.3 is 5.11 Å². The van der Waals surface area contributed by atoms with E-state index in [4.69, 9.17) is 10.4 Å². The first-order chi connectivity index (χ1) is 7.90. The third kappa shape index (κ3) is 2.94. The fraction of sp³-hybridized carbons (Fsp3) is 0.375. The van der Waals surface area contributed by atoms with Crippen molar-refractivity contribution in [3.8, 4) is 6.07 Å². The molecule has 1 aromatic heterocycles. The van der Waals surface area contributed by atoms with Gasteiger partial charge in [-0.15, -0.1) is 0 Å². The largest absolute Gasteiger partial charge is 0.477 e. The lowest BCUT2D eigenvalue weighted by Gasteiger charge is -2.08. The number of carbonyl (C=O) groups is 1. The maximum Gasteiger partial charge on any atom is 0.353 e. The molecule has 0 saturated heterocycles. The van der Waals surface area contributed by atoms with Gasteiger partial charge in [0.15, 0.2) is 11.1 Å². The number of nitriles is 1. The van der Waals surface area contributed by atoms with E-state index < -0.39 is 21.2 Å². The van der Waals surface area contributed by atoms with Crippen LogP contribution in [0.2, 0.25) is 0 Å². The summed E-state index contributed by atoms with van der Waals surface area (Å²) in [5.74, 6) is -1.41. The number of H-pyrrole nitrogens is 1. The molecule has 9 heteroatoms. The van der Waals surface area contributed by atoms with Crippen molar-refractivity contribution in [3.63, 3.8) is 0 Å². The van der Waals surface area contributed by atoms with E-state index in [-0.39, 0.29) is 17.9 Å². The molecule has 0 aliphatic heterocycles. The SMILES string of the molecule is CCC(C#N)S(=O)(=O)Nc1cc(C(=O)O)[nH]n1. The molecule has 0 bridgehead atoms. The van der Waals surface area contributed by atoms with E-state index >= 15 is 0 Å². The van der Waals surface area contributed by atoms with Crippen LogP contribution in [0, 0.1) is 11.3 Å². The van der Waals surface area contributed by atoms with Crippen molar-refractivity contribution in [2.75, 3.05) is 4.72 Å². The Kier molecular flexibility index (Phi) is 3.69. The van der Waals surface area contributed by atoms with Gasteiger partial charge in [0.05, 0.1) is 6.07 Å². The van der Waals surface area contributed by atoms with Crippen LogP contribution in [-0.4, -0.2) is 34.9 Å². The molecule has 0 saturated carbocycles. The van der Waals surface area contributed by atoms with Crippen LogP contribution in [0.25, 0.3) is 0 Å². The number of hydrogen-bond donors (Lipinski definition) is 3. The summed E-state index contributed by atoms with van der Waals surface area (Å²) in [7, 11) is -3.87. The van der Waals surface area contributed by atoms with Gasteiger partial charge >= 0.3 is 5.97 Å². The standard InChI is InChI=1S/C8H10N4O4S/c1-2-5(4-9)17(15,16)12-7-3-6(8(13)14)10-11-7/h3,5H,2H2,1H3,(H,13,14)(H2,10,11,12). The zero-order chi connectivity index (χ0) is 13.1. The number of sulfonamides is 1. The molecule has 3 N–H and O–H groups in total. The normalized spacial score (nSPS) is 12.7. The number of rotatable bonds is 5. The zero-order valence-corrected chi connectivity index (χ0v) is 9.65. The monoisotopic (exact) mass is 258 g/mol. The van der Waals surface area contributed by atoms with E-state index in [1.54, 1.807) is 13.0 Å². The lowest BCUT2D eigenvalue weighted by Crippen LogP contribution is -2.26. The van der Waals surface area contributed by atoms with E-state index in [0.717, 1.165) is 6.07 Å². The molecule has 0 aromatic carbocycles. The minimum Gasteiger partial charge on any atom is -0.477 e. The van der Waals surface area contributed by atoms with E-state index in [0.29, 0.717) is 0 Å². The summed E-state index contributed by atoms with van der Waals surface area (Å²) >= 11 is 0. The number of carboxylic acid groups (broad SMARTS) is 1. The zero-order valence-electron chi connectivity index (χ0n) is 8.84. The Morgan fingerprint density at radius 1 is 1.76 bits per heavy atom. The molecule has 1 heterocycles. The molecular formula is C8H10N4O4S. The molecule has 1 atom stereocenters. The summed E-state index contributed by atoms with van der Waals surface area (Å²) in [6.45, 7) is 1.56. The second kappa shape index (κ2) is 4.84.